The molecule has 2 N–H and O–H groups in total. The number of nitrogens with zero attached hydrogens (tertiary/aromatic N) is 6. The van der Waals surface area contributed by atoms with Crippen LogP contribution in [0.4, 0.5) is 37.2 Å². The largest absolute Gasteiger partial charge is 0.461 e. The number of rotatable bonds is 10. The summed E-state index contributed by atoms with van der Waals surface area (Å²) in [6.07, 6.45) is -4.23. The van der Waals surface area contributed by atoms with Gasteiger partial charge in [-0.2, -0.15) is 28.4 Å². The number of likely N-dealkylation sites (N-methyl/N-ethyl adjacent to an activating group) is 1. The minimum atomic E-state index is -5.15. The van der Waals surface area contributed by atoms with Crippen molar-refractivity contribution in [2.45, 2.75) is 75.1 Å². The van der Waals surface area contributed by atoms with Crippen molar-refractivity contribution in [1.82, 2.24) is 19.8 Å². The second kappa shape index (κ2) is 14.5. The second-order valence-corrected chi connectivity index (χ2v) is 15.9. The molecule has 4 aliphatic heterocycles. The summed E-state index contributed by atoms with van der Waals surface area (Å²) < 4.78 is 110. The van der Waals surface area contributed by atoms with Crippen LogP contribution in [0.1, 0.15) is 50.2 Å². The van der Waals surface area contributed by atoms with E-state index in [4.69, 9.17) is 19.9 Å². The maximum atomic E-state index is 17.4. The van der Waals surface area contributed by atoms with Crippen LogP contribution in [-0.4, -0.2) is 109 Å². The van der Waals surface area contributed by atoms with Gasteiger partial charge in [0.05, 0.1) is 46.7 Å². The first-order valence-corrected chi connectivity index (χ1v) is 19.3. The molecule has 0 bridgehead atoms. The van der Waals surface area contributed by atoms with Gasteiger partial charge in [0.2, 0.25) is 0 Å². The van der Waals surface area contributed by atoms with Crippen LogP contribution < -0.4 is 15.4 Å². The second-order valence-electron chi connectivity index (χ2n) is 14.9. The van der Waals surface area contributed by atoms with Crippen molar-refractivity contribution in [2.75, 3.05) is 63.7 Å². The van der Waals surface area contributed by atoms with Crippen LogP contribution in [0, 0.1) is 23.0 Å². The van der Waals surface area contributed by atoms with E-state index in [0.29, 0.717) is 43.8 Å². The zero-order valence-electron chi connectivity index (χ0n) is 30.6. The van der Waals surface area contributed by atoms with Crippen molar-refractivity contribution in [3.8, 4) is 23.2 Å². The van der Waals surface area contributed by atoms with Gasteiger partial charge in [-0.3, -0.25) is 9.69 Å². The molecule has 4 aromatic rings. The number of hydrogen-bond donors (Lipinski definition) is 1. The number of nitriles is 1. The van der Waals surface area contributed by atoms with Crippen LogP contribution >= 0.6 is 11.3 Å². The first kappa shape index (κ1) is 38.4. The summed E-state index contributed by atoms with van der Waals surface area (Å²) in [6.45, 7) is 3.64. The smallest absolute Gasteiger partial charge is 0.417 e. The zero-order valence-corrected chi connectivity index (χ0v) is 31.4. The number of benzene rings is 2. The number of nitrogen functional groups attached to an aromatic ring is 1. The molecule has 6 heterocycles. The Kier molecular flexibility index (Phi) is 9.95. The fourth-order valence-electron chi connectivity index (χ4n) is 9.05. The number of alkyl halides is 4. The third kappa shape index (κ3) is 6.36. The highest BCUT2D eigenvalue weighted by molar-refractivity contribution is 7.23. The number of anilines is 2. The van der Waals surface area contributed by atoms with E-state index in [2.05, 4.69) is 9.97 Å². The number of halogens is 6. The zero-order chi connectivity index (χ0) is 39.7. The first-order valence-electron chi connectivity index (χ1n) is 18.5. The van der Waals surface area contributed by atoms with Crippen LogP contribution in [0.25, 0.3) is 32.1 Å². The molecule has 5 unspecified atom stereocenters. The number of ether oxygens (including phenoxy) is 3. The van der Waals surface area contributed by atoms with Crippen LogP contribution in [0.2, 0.25) is 0 Å². The van der Waals surface area contributed by atoms with E-state index in [9.17, 15) is 14.4 Å². The summed E-state index contributed by atoms with van der Waals surface area (Å²) in [5.41, 5.74) is 1.82. The standard InChI is InChI=1S/C38H39F6N7O4S/c1-3-50(20-11-21(17-53-2)51(16-20)35(52)27-7-10-54-27)34-23-12-25(38(42,43)44)29(22-5-6-26(40)32-28(22)24(14-45)33(46)56-32)30(41)31(23)47-36(48-34)55-18-37-8-4-9-49(37)15-19(39)13-37/h5-6,12,19-21,27H,3-4,7-11,13,15-18,46H2,1-2H3. The fraction of sp³-hybridized carbons (Fsp3) is 0.526. The summed E-state index contributed by atoms with van der Waals surface area (Å²) in [7, 11) is 1.51. The Morgan fingerprint density at radius 1 is 1.25 bits per heavy atom. The SMILES string of the molecule is CCN(c1nc(OCC23CCCN2CC(F)C3)nc2c(F)c(-c3ccc(F)c4sc(N)c(C#N)c34)c(C(F)(F)F)cc12)C1CC(COC)N(C(=O)C2CCO2)C1. The number of amides is 1. The van der Waals surface area contributed by atoms with Crippen molar-refractivity contribution in [3.63, 3.8) is 0 Å². The van der Waals surface area contributed by atoms with Crippen molar-refractivity contribution in [3.05, 3.63) is 41.0 Å². The van der Waals surface area contributed by atoms with Gasteiger partial charge in [0.1, 0.15) is 47.1 Å². The minimum absolute atomic E-state index is 0.0408. The van der Waals surface area contributed by atoms with Gasteiger partial charge in [-0.05, 0) is 50.4 Å². The fourth-order valence-corrected chi connectivity index (χ4v) is 10.0. The Bertz CT molecular complexity index is 2250. The van der Waals surface area contributed by atoms with Gasteiger partial charge >= 0.3 is 12.2 Å². The minimum Gasteiger partial charge on any atom is -0.461 e. The Morgan fingerprint density at radius 2 is 2.04 bits per heavy atom. The van der Waals surface area contributed by atoms with E-state index in [-0.39, 0.29) is 89.1 Å². The Hall–Kier alpha value is -4.44. The molecule has 8 rings (SSSR count). The maximum Gasteiger partial charge on any atom is 0.417 e. The molecule has 5 atom stereocenters. The summed E-state index contributed by atoms with van der Waals surface area (Å²) in [5, 5.41) is 9.25. The number of thiophene rings is 1. The van der Waals surface area contributed by atoms with E-state index in [1.165, 1.54) is 7.11 Å². The highest BCUT2D eigenvalue weighted by Crippen LogP contribution is 2.49. The summed E-state index contributed by atoms with van der Waals surface area (Å²) in [6, 6.07) is 3.28. The van der Waals surface area contributed by atoms with Gasteiger partial charge in [-0.25, -0.2) is 13.2 Å². The third-order valence-electron chi connectivity index (χ3n) is 11.7. The normalized spacial score (nSPS) is 25.2. The molecule has 0 aliphatic carbocycles. The van der Waals surface area contributed by atoms with Crippen LogP contribution in [0.15, 0.2) is 18.2 Å². The predicted molar refractivity (Wildman–Crippen MR) is 196 cm³/mol. The molecule has 56 heavy (non-hydrogen) atoms. The number of carbonyl (C=O) groups is 1. The number of hydrogen-bond acceptors (Lipinski definition) is 11. The summed E-state index contributed by atoms with van der Waals surface area (Å²) in [4.78, 5) is 27.9. The molecule has 18 heteroatoms. The van der Waals surface area contributed by atoms with Crippen molar-refractivity contribution >= 4 is 49.1 Å². The molecule has 1 amide bonds. The van der Waals surface area contributed by atoms with Crippen molar-refractivity contribution in [1.29, 1.82) is 5.26 Å². The summed E-state index contributed by atoms with van der Waals surface area (Å²) in [5.74, 6) is -2.51. The maximum absolute atomic E-state index is 17.4. The highest BCUT2D eigenvalue weighted by atomic mass is 32.1. The third-order valence-corrected chi connectivity index (χ3v) is 12.7. The molecule has 2 aromatic carbocycles. The number of nitrogens with two attached hydrogens (primary N) is 1. The van der Waals surface area contributed by atoms with E-state index in [0.717, 1.165) is 24.6 Å². The van der Waals surface area contributed by atoms with E-state index < -0.39 is 63.9 Å². The van der Waals surface area contributed by atoms with Gasteiger partial charge in [0, 0.05) is 55.9 Å². The van der Waals surface area contributed by atoms with Gasteiger partial charge in [0.25, 0.3) is 5.91 Å². The Balaban J connectivity index is 1.31. The van der Waals surface area contributed by atoms with Gasteiger partial charge < -0.3 is 29.7 Å². The number of aromatic nitrogens is 2. The average molecular weight is 804 g/mol. The molecule has 298 valence electrons. The number of carbonyl (C=O) groups excluding carboxylic acids is 1. The van der Waals surface area contributed by atoms with Gasteiger partial charge in [-0.15, -0.1) is 11.3 Å². The molecule has 4 fully saturated rings. The topological polar surface area (TPSA) is 130 Å². The van der Waals surface area contributed by atoms with E-state index >= 15 is 22.0 Å². The summed E-state index contributed by atoms with van der Waals surface area (Å²) >= 11 is 0.675. The lowest BCUT2D eigenvalue weighted by atomic mass is 9.92. The lowest BCUT2D eigenvalue weighted by molar-refractivity contribution is -0.157. The molecule has 4 aliphatic rings. The molecular weight excluding hydrogens is 765 g/mol. The monoisotopic (exact) mass is 803 g/mol. The predicted octanol–water partition coefficient (Wildman–Crippen LogP) is 6.45. The lowest BCUT2D eigenvalue weighted by Gasteiger charge is -2.33. The Labute approximate surface area is 321 Å². The number of fused-ring (bicyclic) bond motifs is 3. The molecule has 4 saturated heterocycles. The highest BCUT2D eigenvalue weighted by Gasteiger charge is 2.50. The quantitative estimate of drug-likeness (QED) is 0.179. The molecule has 2 aromatic heterocycles. The lowest BCUT2D eigenvalue weighted by Crippen LogP contribution is -2.49. The van der Waals surface area contributed by atoms with Crippen molar-refractivity contribution < 1.29 is 45.3 Å². The van der Waals surface area contributed by atoms with Crippen LogP contribution in [0.5, 0.6) is 6.01 Å². The Morgan fingerprint density at radius 3 is 2.71 bits per heavy atom. The number of likely N-dealkylation sites (tertiary alicyclic amines) is 1. The molecular formula is C38H39F6N7O4S. The van der Waals surface area contributed by atoms with E-state index in [1.54, 1.807) is 16.7 Å². The molecule has 0 radical (unpaired) electrons. The molecule has 11 nitrogen and oxygen atoms in total. The molecule has 0 spiro atoms. The average Bonchev–Trinajstić information content (AvgIpc) is 3.88. The molecule has 0 saturated carbocycles. The van der Waals surface area contributed by atoms with Gasteiger partial charge in [-0.1, -0.05) is 6.07 Å². The first-order chi connectivity index (χ1) is 26.8. The van der Waals surface area contributed by atoms with Crippen LogP contribution in [0.3, 0.4) is 0 Å². The van der Waals surface area contributed by atoms with Crippen LogP contribution in [-0.2, 0) is 20.4 Å². The number of methoxy groups -OCH3 is 1. The van der Waals surface area contributed by atoms with Gasteiger partial charge in [0.15, 0.2) is 5.82 Å². The van der Waals surface area contributed by atoms with Crippen molar-refractivity contribution in [2.24, 2.45) is 0 Å². The van der Waals surface area contributed by atoms with E-state index in [1.807, 2.05) is 11.0 Å².